The van der Waals surface area contributed by atoms with Gasteiger partial charge in [0, 0.05) is 24.0 Å². The topological polar surface area (TPSA) is 38.7 Å². The summed E-state index contributed by atoms with van der Waals surface area (Å²) in [6.07, 6.45) is 7.36. The minimum absolute atomic E-state index is 0.802. The Balaban J connectivity index is 2.74. The highest BCUT2D eigenvalue weighted by Gasteiger charge is 2.01. The van der Waals surface area contributed by atoms with Crippen molar-refractivity contribution in [2.45, 2.75) is 5.16 Å². The number of aromatic nitrogens is 3. The second-order valence-corrected chi connectivity index (χ2v) is 4.35. The summed E-state index contributed by atoms with van der Waals surface area (Å²) in [5.41, 5.74) is 0.981. The first-order valence-electron chi connectivity index (χ1n) is 3.61. The lowest BCUT2D eigenvalue weighted by Gasteiger charge is -1.99. The highest BCUT2D eigenvalue weighted by molar-refractivity contribution is 14.1. The summed E-state index contributed by atoms with van der Waals surface area (Å²) < 4.78 is 1.06. The summed E-state index contributed by atoms with van der Waals surface area (Å²) in [5, 5.41) is 1.79. The predicted octanol–water partition coefficient (Wildman–Crippen LogP) is 2.35. The van der Waals surface area contributed by atoms with Crippen molar-refractivity contribution in [1.29, 1.82) is 0 Å². The second-order valence-electron chi connectivity index (χ2n) is 2.42. The molecule has 0 atom stereocenters. The van der Waals surface area contributed by atoms with Crippen LogP contribution in [0.5, 0.6) is 0 Å². The molecular weight excluding hydrogens is 297 g/mol. The van der Waals surface area contributed by atoms with Crippen LogP contribution in [-0.2, 0) is 0 Å². The van der Waals surface area contributed by atoms with Crippen LogP contribution in [-0.4, -0.2) is 21.2 Å². The smallest absolute Gasteiger partial charge is 0.187 e. The number of halogens is 1. The van der Waals surface area contributed by atoms with Crippen LogP contribution in [0.2, 0.25) is 0 Å². The van der Waals surface area contributed by atoms with Crippen molar-refractivity contribution in [3.63, 3.8) is 0 Å². The van der Waals surface area contributed by atoms with Gasteiger partial charge in [0.1, 0.15) is 0 Å². The van der Waals surface area contributed by atoms with Crippen molar-refractivity contribution in [2.75, 3.05) is 6.26 Å². The van der Waals surface area contributed by atoms with E-state index in [1.165, 1.54) is 0 Å². The molecule has 0 radical (unpaired) electrons. The summed E-state index contributed by atoms with van der Waals surface area (Å²) in [6.45, 7) is 0. The van der Waals surface area contributed by atoms with Gasteiger partial charge < -0.3 is 0 Å². The Bertz CT molecular complexity index is 446. The van der Waals surface area contributed by atoms with E-state index in [-0.39, 0.29) is 0 Å². The standard InChI is InChI=1S/C8H6IN3S/c1-13-8-11-3-5-2-10-4-6(9)7(5)12-8/h2-4H,1H3. The molecule has 0 N–H and O–H groups in total. The fourth-order valence-corrected chi connectivity index (χ4v) is 1.94. The van der Waals surface area contributed by atoms with E-state index in [2.05, 4.69) is 37.5 Å². The zero-order valence-corrected chi connectivity index (χ0v) is 9.83. The first-order valence-corrected chi connectivity index (χ1v) is 5.92. The van der Waals surface area contributed by atoms with E-state index in [1.54, 1.807) is 24.2 Å². The van der Waals surface area contributed by atoms with Gasteiger partial charge in [-0.2, -0.15) is 0 Å². The van der Waals surface area contributed by atoms with E-state index in [4.69, 9.17) is 0 Å². The van der Waals surface area contributed by atoms with Crippen LogP contribution in [0.3, 0.4) is 0 Å². The molecule has 0 fully saturated rings. The van der Waals surface area contributed by atoms with E-state index >= 15 is 0 Å². The van der Waals surface area contributed by atoms with Gasteiger partial charge in [-0.25, -0.2) is 9.97 Å². The van der Waals surface area contributed by atoms with Gasteiger partial charge in [-0.3, -0.25) is 4.98 Å². The van der Waals surface area contributed by atoms with E-state index < -0.39 is 0 Å². The largest absolute Gasteiger partial charge is 0.263 e. The van der Waals surface area contributed by atoms with Crippen LogP contribution >= 0.6 is 34.4 Å². The Morgan fingerprint density at radius 2 is 2.15 bits per heavy atom. The number of rotatable bonds is 1. The second kappa shape index (κ2) is 3.75. The van der Waals surface area contributed by atoms with Crippen molar-refractivity contribution in [2.24, 2.45) is 0 Å². The maximum atomic E-state index is 4.40. The van der Waals surface area contributed by atoms with Crippen LogP contribution in [0, 0.1) is 3.57 Å². The van der Waals surface area contributed by atoms with Gasteiger partial charge in [-0.1, -0.05) is 11.8 Å². The van der Waals surface area contributed by atoms with Gasteiger partial charge in [-0.15, -0.1) is 0 Å². The zero-order valence-electron chi connectivity index (χ0n) is 6.86. The molecule has 3 nitrogen and oxygen atoms in total. The Morgan fingerprint density at radius 1 is 1.31 bits per heavy atom. The lowest BCUT2D eigenvalue weighted by atomic mass is 10.3. The van der Waals surface area contributed by atoms with Crippen LogP contribution in [0.15, 0.2) is 23.7 Å². The number of nitrogens with zero attached hydrogens (tertiary/aromatic N) is 3. The predicted molar refractivity (Wildman–Crippen MR) is 61.8 cm³/mol. The normalized spacial score (nSPS) is 10.6. The molecule has 0 aliphatic heterocycles. The summed E-state index contributed by atoms with van der Waals surface area (Å²) >= 11 is 3.78. The molecule has 13 heavy (non-hydrogen) atoms. The van der Waals surface area contributed by atoms with Crippen LogP contribution < -0.4 is 0 Å². The minimum atomic E-state index is 0.802. The summed E-state index contributed by atoms with van der Waals surface area (Å²) in [4.78, 5) is 12.6. The third-order valence-electron chi connectivity index (χ3n) is 1.61. The maximum absolute atomic E-state index is 4.40. The number of fused-ring (bicyclic) bond motifs is 1. The Morgan fingerprint density at radius 3 is 2.92 bits per heavy atom. The average Bonchev–Trinajstić information content (AvgIpc) is 2.18. The van der Waals surface area contributed by atoms with Gasteiger partial charge in [0.05, 0.1) is 9.09 Å². The molecule has 0 aliphatic carbocycles. The molecular formula is C8H6IN3S. The highest BCUT2D eigenvalue weighted by atomic mass is 127. The van der Waals surface area contributed by atoms with Gasteiger partial charge in [0.25, 0.3) is 0 Å². The fourth-order valence-electron chi connectivity index (χ4n) is 1.00. The monoisotopic (exact) mass is 303 g/mol. The first-order chi connectivity index (χ1) is 6.31. The van der Waals surface area contributed by atoms with Crippen molar-refractivity contribution in [1.82, 2.24) is 15.0 Å². The van der Waals surface area contributed by atoms with Crippen molar-refractivity contribution >= 4 is 45.3 Å². The molecule has 0 amide bonds. The Labute approximate surface area is 93.5 Å². The summed E-state index contributed by atoms with van der Waals surface area (Å²) in [5.74, 6) is 0. The van der Waals surface area contributed by atoms with Crippen molar-refractivity contribution < 1.29 is 0 Å². The Hall–Kier alpha value is -0.430. The number of hydrogen-bond donors (Lipinski definition) is 0. The van der Waals surface area contributed by atoms with E-state index in [9.17, 15) is 0 Å². The number of thioether (sulfide) groups is 1. The number of pyridine rings is 1. The molecule has 0 aliphatic rings. The lowest BCUT2D eigenvalue weighted by Crippen LogP contribution is -1.90. The lowest BCUT2D eigenvalue weighted by molar-refractivity contribution is 1.00. The zero-order chi connectivity index (χ0) is 9.26. The van der Waals surface area contributed by atoms with E-state index in [1.807, 2.05) is 12.5 Å². The molecule has 2 aromatic heterocycles. The molecule has 2 rings (SSSR count). The molecule has 2 aromatic rings. The SMILES string of the molecule is CSc1ncc2cncc(I)c2n1. The molecule has 5 heteroatoms. The third-order valence-corrected chi connectivity index (χ3v) is 2.96. The van der Waals surface area contributed by atoms with E-state index in [0.29, 0.717) is 0 Å². The maximum Gasteiger partial charge on any atom is 0.187 e. The van der Waals surface area contributed by atoms with Gasteiger partial charge in [-0.05, 0) is 28.8 Å². The molecule has 0 saturated carbocycles. The summed E-state index contributed by atoms with van der Waals surface area (Å²) in [7, 11) is 0. The molecule has 2 heterocycles. The average molecular weight is 303 g/mol. The minimum Gasteiger partial charge on any atom is -0.263 e. The van der Waals surface area contributed by atoms with Gasteiger partial charge in [0.15, 0.2) is 5.16 Å². The van der Waals surface area contributed by atoms with Crippen LogP contribution in [0.4, 0.5) is 0 Å². The summed E-state index contributed by atoms with van der Waals surface area (Å²) in [6, 6.07) is 0. The van der Waals surface area contributed by atoms with Crippen molar-refractivity contribution in [3.8, 4) is 0 Å². The van der Waals surface area contributed by atoms with Gasteiger partial charge >= 0.3 is 0 Å². The molecule has 0 spiro atoms. The molecule has 66 valence electrons. The molecule has 0 saturated heterocycles. The fraction of sp³-hybridized carbons (Fsp3) is 0.125. The molecule has 0 bridgehead atoms. The van der Waals surface area contributed by atoms with Crippen LogP contribution in [0.25, 0.3) is 10.9 Å². The first kappa shape index (κ1) is 9.14. The van der Waals surface area contributed by atoms with Crippen LogP contribution in [0.1, 0.15) is 0 Å². The van der Waals surface area contributed by atoms with E-state index in [0.717, 1.165) is 19.6 Å². The quantitative estimate of drug-likeness (QED) is 0.460. The third kappa shape index (κ3) is 1.76. The molecule has 0 unspecified atom stereocenters. The molecule has 0 aromatic carbocycles. The Kier molecular flexibility index (Phi) is 2.63. The van der Waals surface area contributed by atoms with Gasteiger partial charge in [0.2, 0.25) is 0 Å². The van der Waals surface area contributed by atoms with Crippen molar-refractivity contribution in [3.05, 3.63) is 22.2 Å². The number of hydrogen-bond acceptors (Lipinski definition) is 4. The highest BCUT2D eigenvalue weighted by Crippen LogP contribution is 2.18.